The monoisotopic (exact) mass is 157 g/mol. The highest BCUT2D eigenvalue weighted by Crippen LogP contribution is 2.09. The molecule has 0 spiro atoms. The highest BCUT2D eigenvalue weighted by Gasteiger charge is 2.15. The van der Waals surface area contributed by atoms with Gasteiger partial charge in [0.1, 0.15) is 0 Å². The molecular formula is C9H19NO. The molecule has 11 heavy (non-hydrogen) atoms. The summed E-state index contributed by atoms with van der Waals surface area (Å²) in [5, 5.41) is 9.46. The van der Waals surface area contributed by atoms with Crippen molar-refractivity contribution in [2.24, 2.45) is 5.73 Å². The zero-order chi connectivity index (χ0) is 8.74. The summed E-state index contributed by atoms with van der Waals surface area (Å²) in [4.78, 5) is 0. The van der Waals surface area contributed by atoms with Crippen molar-refractivity contribution in [1.29, 1.82) is 0 Å². The molecular weight excluding hydrogens is 138 g/mol. The summed E-state index contributed by atoms with van der Waals surface area (Å²) in [6.07, 6.45) is 6.92. The first-order valence-corrected chi connectivity index (χ1v) is 4.20. The molecule has 0 saturated carbocycles. The van der Waals surface area contributed by atoms with Crippen LogP contribution in [0.2, 0.25) is 0 Å². The summed E-state index contributed by atoms with van der Waals surface area (Å²) in [6, 6.07) is 0. The summed E-state index contributed by atoms with van der Waals surface area (Å²) < 4.78 is 0. The maximum atomic E-state index is 9.46. The van der Waals surface area contributed by atoms with Crippen molar-refractivity contribution in [3.05, 3.63) is 12.2 Å². The van der Waals surface area contributed by atoms with Gasteiger partial charge in [-0.25, -0.2) is 0 Å². The lowest BCUT2D eigenvalue weighted by Gasteiger charge is -2.19. The molecule has 0 bridgehead atoms. The van der Waals surface area contributed by atoms with Gasteiger partial charge in [0.05, 0.1) is 5.60 Å². The molecule has 3 N–H and O–H groups in total. The molecule has 0 aliphatic heterocycles. The first-order valence-electron chi connectivity index (χ1n) is 4.20. The minimum absolute atomic E-state index is 0.340. The Kier molecular flexibility index (Phi) is 5.16. The lowest BCUT2D eigenvalue weighted by atomic mass is 10.0. The number of aliphatic hydroxyl groups is 1. The number of nitrogens with two attached hydrogens (primary N) is 1. The Labute approximate surface area is 69.1 Å². The second-order valence-electron chi connectivity index (χ2n) is 3.12. The van der Waals surface area contributed by atoms with Gasteiger partial charge in [-0.05, 0) is 26.2 Å². The summed E-state index contributed by atoms with van der Waals surface area (Å²) in [5.74, 6) is 0. The molecule has 0 radical (unpaired) electrons. The van der Waals surface area contributed by atoms with Gasteiger partial charge in [0.15, 0.2) is 0 Å². The quantitative estimate of drug-likeness (QED) is 0.593. The van der Waals surface area contributed by atoms with Gasteiger partial charge in [0.2, 0.25) is 0 Å². The van der Waals surface area contributed by atoms with E-state index in [1.54, 1.807) is 6.92 Å². The maximum absolute atomic E-state index is 9.46. The van der Waals surface area contributed by atoms with E-state index < -0.39 is 5.60 Å². The van der Waals surface area contributed by atoms with Crippen LogP contribution >= 0.6 is 0 Å². The second-order valence-corrected chi connectivity index (χ2v) is 3.12. The summed E-state index contributed by atoms with van der Waals surface area (Å²) >= 11 is 0. The summed E-state index contributed by atoms with van der Waals surface area (Å²) in [6.45, 7) is 4.21. The molecule has 66 valence electrons. The standard InChI is InChI=1S/C9H19NO/c1-3-4-5-6-7-9(2,11)8-10/h4-5,11H,3,6-8,10H2,1-2H3/b5-4+. The van der Waals surface area contributed by atoms with Crippen LogP contribution in [0, 0.1) is 0 Å². The van der Waals surface area contributed by atoms with E-state index in [-0.39, 0.29) is 0 Å². The maximum Gasteiger partial charge on any atom is 0.0744 e. The smallest absolute Gasteiger partial charge is 0.0744 e. The van der Waals surface area contributed by atoms with Crippen LogP contribution in [0.4, 0.5) is 0 Å². The normalized spacial score (nSPS) is 17.1. The highest BCUT2D eigenvalue weighted by molar-refractivity contribution is 4.84. The third kappa shape index (κ3) is 6.07. The van der Waals surface area contributed by atoms with Crippen molar-refractivity contribution in [1.82, 2.24) is 0 Å². The molecule has 0 heterocycles. The zero-order valence-corrected chi connectivity index (χ0v) is 7.51. The van der Waals surface area contributed by atoms with Crippen LogP contribution in [0.3, 0.4) is 0 Å². The second kappa shape index (κ2) is 5.33. The molecule has 0 aromatic carbocycles. The molecule has 0 aromatic rings. The summed E-state index contributed by atoms with van der Waals surface area (Å²) in [7, 11) is 0. The zero-order valence-electron chi connectivity index (χ0n) is 7.51. The Hall–Kier alpha value is -0.340. The first kappa shape index (κ1) is 10.7. The molecule has 0 fully saturated rings. The van der Waals surface area contributed by atoms with E-state index in [0.717, 1.165) is 19.3 Å². The Morgan fingerprint density at radius 1 is 1.45 bits per heavy atom. The van der Waals surface area contributed by atoms with Gasteiger partial charge in [-0.15, -0.1) is 0 Å². The lowest BCUT2D eigenvalue weighted by molar-refractivity contribution is 0.0610. The van der Waals surface area contributed by atoms with Gasteiger partial charge in [0.25, 0.3) is 0 Å². The fourth-order valence-corrected chi connectivity index (χ4v) is 0.781. The predicted octanol–water partition coefficient (Wildman–Crippen LogP) is 1.44. The van der Waals surface area contributed by atoms with Crippen LogP contribution in [-0.2, 0) is 0 Å². The predicted molar refractivity (Wildman–Crippen MR) is 48.3 cm³/mol. The average molecular weight is 157 g/mol. The Bertz CT molecular complexity index is 119. The third-order valence-corrected chi connectivity index (χ3v) is 1.69. The average Bonchev–Trinajstić information content (AvgIpc) is 1.99. The fraction of sp³-hybridized carbons (Fsp3) is 0.778. The minimum Gasteiger partial charge on any atom is -0.389 e. The molecule has 0 amide bonds. The van der Waals surface area contributed by atoms with Crippen molar-refractivity contribution in [3.8, 4) is 0 Å². The van der Waals surface area contributed by atoms with Gasteiger partial charge < -0.3 is 10.8 Å². The van der Waals surface area contributed by atoms with Crippen LogP contribution < -0.4 is 5.73 Å². The van der Waals surface area contributed by atoms with Crippen LogP contribution in [-0.4, -0.2) is 17.3 Å². The van der Waals surface area contributed by atoms with E-state index in [0.29, 0.717) is 6.54 Å². The topological polar surface area (TPSA) is 46.2 Å². The van der Waals surface area contributed by atoms with E-state index in [1.165, 1.54) is 0 Å². The number of allylic oxidation sites excluding steroid dienone is 2. The van der Waals surface area contributed by atoms with Crippen LogP contribution in [0.5, 0.6) is 0 Å². The van der Waals surface area contributed by atoms with E-state index in [4.69, 9.17) is 5.73 Å². The molecule has 2 heteroatoms. The Morgan fingerprint density at radius 2 is 2.09 bits per heavy atom. The number of rotatable bonds is 5. The van der Waals surface area contributed by atoms with Gasteiger partial charge in [0, 0.05) is 6.54 Å². The molecule has 1 atom stereocenters. The Balaban J connectivity index is 3.45. The van der Waals surface area contributed by atoms with Gasteiger partial charge >= 0.3 is 0 Å². The van der Waals surface area contributed by atoms with Crippen LogP contribution in [0.15, 0.2) is 12.2 Å². The van der Waals surface area contributed by atoms with Crippen molar-refractivity contribution in [2.45, 2.75) is 38.7 Å². The molecule has 1 unspecified atom stereocenters. The van der Waals surface area contributed by atoms with Crippen LogP contribution in [0.25, 0.3) is 0 Å². The van der Waals surface area contributed by atoms with Crippen molar-refractivity contribution < 1.29 is 5.11 Å². The van der Waals surface area contributed by atoms with E-state index in [2.05, 4.69) is 19.1 Å². The van der Waals surface area contributed by atoms with E-state index >= 15 is 0 Å². The molecule has 0 aliphatic carbocycles. The fourth-order valence-electron chi connectivity index (χ4n) is 0.781. The lowest BCUT2D eigenvalue weighted by Crippen LogP contribution is -2.33. The van der Waals surface area contributed by atoms with Crippen molar-refractivity contribution >= 4 is 0 Å². The van der Waals surface area contributed by atoms with Crippen molar-refractivity contribution in [3.63, 3.8) is 0 Å². The van der Waals surface area contributed by atoms with Gasteiger partial charge in [-0.2, -0.15) is 0 Å². The minimum atomic E-state index is -0.682. The van der Waals surface area contributed by atoms with E-state index in [9.17, 15) is 5.11 Å². The van der Waals surface area contributed by atoms with Gasteiger partial charge in [-0.3, -0.25) is 0 Å². The van der Waals surface area contributed by atoms with Crippen molar-refractivity contribution in [2.75, 3.05) is 6.54 Å². The van der Waals surface area contributed by atoms with Gasteiger partial charge in [-0.1, -0.05) is 19.1 Å². The van der Waals surface area contributed by atoms with Crippen LogP contribution in [0.1, 0.15) is 33.1 Å². The number of hydrogen-bond acceptors (Lipinski definition) is 2. The number of hydrogen-bond donors (Lipinski definition) is 2. The molecule has 0 aliphatic rings. The Morgan fingerprint density at radius 3 is 2.55 bits per heavy atom. The first-order chi connectivity index (χ1) is 5.12. The van der Waals surface area contributed by atoms with E-state index in [1.807, 2.05) is 0 Å². The molecule has 0 rings (SSSR count). The highest BCUT2D eigenvalue weighted by atomic mass is 16.3. The molecule has 0 aromatic heterocycles. The molecule has 0 saturated heterocycles. The molecule has 2 nitrogen and oxygen atoms in total. The third-order valence-electron chi connectivity index (χ3n) is 1.69. The summed E-state index contributed by atoms with van der Waals surface area (Å²) in [5.41, 5.74) is 4.66. The largest absolute Gasteiger partial charge is 0.389 e. The SMILES string of the molecule is CC/C=C/CCC(C)(O)CN.